The Bertz CT molecular complexity index is 1210. The average Bonchev–Trinajstić information content (AvgIpc) is 2.94. The number of ketones is 1. The van der Waals surface area contributed by atoms with Gasteiger partial charge in [-0.2, -0.15) is 0 Å². The van der Waals surface area contributed by atoms with E-state index in [4.69, 9.17) is 9.97 Å². The van der Waals surface area contributed by atoms with E-state index in [1.165, 1.54) is 30.4 Å². The molecule has 1 aliphatic carbocycles. The number of aryl methyl sites for hydroxylation is 2. The molecule has 3 aromatic rings. The van der Waals surface area contributed by atoms with Crippen LogP contribution in [0.2, 0.25) is 0 Å². The number of rotatable bonds is 8. The zero-order valence-corrected chi connectivity index (χ0v) is 22.6. The molecule has 0 spiro atoms. The van der Waals surface area contributed by atoms with Crippen LogP contribution in [-0.4, -0.2) is 33.8 Å². The highest BCUT2D eigenvalue weighted by atomic mass is 16.1. The van der Waals surface area contributed by atoms with Crippen molar-refractivity contribution in [2.45, 2.75) is 72.1 Å². The van der Waals surface area contributed by atoms with Crippen LogP contribution in [0.5, 0.6) is 0 Å². The van der Waals surface area contributed by atoms with Gasteiger partial charge in [-0.25, -0.2) is 9.97 Å². The summed E-state index contributed by atoms with van der Waals surface area (Å²) in [6.07, 6.45) is 15.5. The zero-order valence-electron chi connectivity index (χ0n) is 22.6. The summed E-state index contributed by atoms with van der Waals surface area (Å²) in [5.41, 5.74) is 7.59. The van der Waals surface area contributed by atoms with Gasteiger partial charge in [-0.05, 0) is 73.9 Å². The molecule has 5 rings (SSSR count). The largest absolute Gasteiger partial charge is 0.317 e. The summed E-state index contributed by atoms with van der Waals surface area (Å²) >= 11 is 0. The number of aromatic nitrogens is 3. The van der Waals surface area contributed by atoms with Gasteiger partial charge in [0, 0.05) is 24.6 Å². The fourth-order valence-electron chi connectivity index (χ4n) is 5.19. The van der Waals surface area contributed by atoms with Crippen LogP contribution in [0.15, 0.2) is 48.8 Å². The second-order valence-corrected chi connectivity index (χ2v) is 9.82. The average molecular weight is 497 g/mol. The summed E-state index contributed by atoms with van der Waals surface area (Å²) in [4.78, 5) is 27.0. The summed E-state index contributed by atoms with van der Waals surface area (Å²) in [5.74, 6) is 0.980. The van der Waals surface area contributed by atoms with Crippen molar-refractivity contribution in [3.63, 3.8) is 0 Å². The number of hydrogen-bond donors (Lipinski definition) is 1. The fourth-order valence-corrected chi connectivity index (χ4v) is 5.19. The molecule has 0 unspecified atom stereocenters. The first-order chi connectivity index (χ1) is 18.2. The summed E-state index contributed by atoms with van der Waals surface area (Å²) < 4.78 is 0. The maximum atomic E-state index is 12.8. The number of carbonyl (C=O) groups excluding carboxylic acids is 1. The van der Waals surface area contributed by atoms with Crippen LogP contribution in [0.25, 0.3) is 17.5 Å². The number of pyridine rings is 1. The predicted molar refractivity (Wildman–Crippen MR) is 152 cm³/mol. The van der Waals surface area contributed by atoms with E-state index in [9.17, 15) is 4.79 Å². The Hall–Kier alpha value is -3.18. The Kier molecular flexibility index (Phi) is 9.72. The number of piperidine rings is 1. The fraction of sp³-hybridized carbons (Fsp3) is 0.438. The highest BCUT2D eigenvalue weighted by molar-refractivity contribution is 6.04. The van der Waals surface area contributed by atoms with E-state index in [2.05, 4.69) is 41.5 Å². The Balaban J connectivity index is 0.00000156. The van der Waals surface area contributed by atoms with E-state index in [-0.39, 0.29) is 5.78 Å². The van der Waals surface area contributed by atoms with Crippen LogP contribution >= 0.6 is 0 Å². The van der Waals surface area contributed by atoms with Crippen LogP contribution < -0.4 is 5.32 Å². The molecule has 1 N–H and O–H groups in total. The van der Waals surface area contributed by atoms with Crippen LogP contribution in [0.4, 0.5) is 0 Å². The number of nitrogens with zero attached hydrogens (tertiary/aromatic N) is 3. The van der Waals surface area contributed by atoms with Crippen LogP contribution in [0.3, 0.4) is 0 Å². The standard InChI is InChI=1S/C30H34N4O.C2H6/c1-2-4-25-19-32-20-28(33-25)26-18-24-5-3-6-29(35)30(24)27(34-26)17-23-11-9-21(10-12-23)7-8-22-13-15-31-16-14-22;1-2/h3,5,9-12,18-20,22,31H,2,4,6-8,13-17H2,1H3;1-2H3. The van der Waals surface area contributed by atoms with Gasteiger partial charge in [0.25, 0.3) is 0 Å². The van der Waals surface area contributed by atoms with Gasteiger partial charge in [0.15, 0.2) is 5.78 Å². The maximum Gasteiger partial charge on any atom is 0.169 e. The molecular formula is C32H40N4O. The molecule has 1 aromatic carbocycles. The maximum absolute atomic E-state index is 12.8. The molecule has 0 saturated carbocycles. The lowest BCUT2D eigenvalue weighted by molar-refractivity contribution is 0.0993. The van der Waals surface area contributed by atoms with Crippen molar-refractivity contribution in [3.05, 3.63) is 82.4 Å². The SMILES string of the molecule is CC.CCCc1cncc(-c2cc3c(c(Cc4ccc(CCC5CCNCC5)cc4)n2)C(=O)CC=C3)n1. The number of nitrogens with one attached hydrogen (secondary N) is 1. The van der Waals surface area contributed by atoms with Crippen molar-refractivity contribution in [1.29, 1.82) is 0 Å². The molecule has 3 heterocycles. The number of Topliss-reactive ketones (excluding diaryl/α,β-unsaturated/α-hetero) is 1. The quantitative estimate of drug-likeness (QED) is 0.379. The van der Waals surface area contributed by atoms with Gasteiger partial charge in [0.2, 0.25) is 0 Å². The molecule has 0 bridgehead atoms. The second-order valence-electron chi connectivity index (χ2n) is 9.82. The van der Waals surface area contributed by atoms with Crippen molar-refractivity contribution >= 4 is 11.9 Å². The van der Waals surface area contributed by atoms with E-state index in [1.54, 1.807) is 6.20 Å². The number of benzene rings is 1. The van der Waals surface area contributed by atoms with Crippen molar-refractivity contribution in [2.75, 3.05) is 13.1 Å². The lowest BCUT2D eigenvalue weighted by atomic mass is 9.90. The van der Waals surface area contributed by atoms with Crippen molar-refractivity contribution in [2.24, 2.45) is 5.92 Å². The first-order valence-electron chi connectivity index (χ1n) is 14.0. The molecule has 0 amide bonds. The minimum absolute atomic E-state index is 0.140. The van der Waals surface area contributed by atoms with Gasteiger partial charge < -0.3 is 5.32 Å². The monoisotopic (exact) mass is 496 g/mol. The van der Waals surface area contributed by atoms with E-state index in [0.717, 1.165) is 72.2 Å². The number of allylic oxidation sites excluding steroid dienone is 1. The number of carbonyl (C=O) groups is 1. The summed E-state index contributed by atoms with van der Waals surface area (Å²) in [6.45, 7) is 8.45. The zero-order chi connectivity index (χ0) is 26.0. The molecule has 2 aromatic heterocycles. The Morgan fingerprint density at radius 2 is 1.70 bits per heavy atom. The first-order valence-corrected chi connectivity index (χ1v) is 14.0. The van der Waals surface area contributed by atoms with Crippen LogP contribution in [0.1, 0.15) is 91.3 Å². The van der Waals surface area contributed by atoms with Gasteiger partial charge in [-0.1, -0.05) is 63.6 Å². The lowest BCUT2D eigenvalue weighted by Gasteiger charge is -2.22. The van der Waals surface area contributed by atoms with Crippen molar-refractivity contribution in [1.82, 2.24) is 20.3 Å². The van der Waals surface area contributed by atoms with Crippen LogP contribution in [0, 0.1) is 5.92 Å². The molecular weight excluding hydrogens is 456 g/mol. The lowest BCUT2D eigenvalue weighted by Crippen LogP contribution is -2.27. The third-order valence-corrected chi connectivity index (χ3v) is 7.15. The molecule has 0 radical (unpaired) electrons. The first kappa shape index (κ1) is 26.9. The molecule has 5 heteroatoms. The Morgan fingerprint density at radius 3 is 2.46 bits per heavy atom. The van der Waals surface area contributed by atoms with Crippen molar-refractivity contribution < 1.29 is 4.79 Å². The molecule has 1 saturated heterocycles. The van der Waals surface area contributed by atoms with Gasteiger partial charge in [-0.3, -0.25) is 9.78 Å². The Morgan fingerprint density at radius 1 is 0.946 bits per heavy atom. The molecule has 1 aliphatic heterocycles. The summed E-state index contributed by atoms with van der Waals surface area (Å²) in [6, 6.07) is 10.9. The molecule has 37 heavy (non-hydrogen) atoms. The van der Waals surface area contributed by atoms with E-state index >= 15 is 0 Å². The summed E-state index contributed by atoms with van der Waals surface area (Å²) in [5, 5.41) is 3.45. The number of fused-ring (bicyclic) bond motifs is 1. The number of hydrogen-bond acceptors (Lipinski definition) is 5. The minimum Gasteiger partial charge on any atom is -0.317 e. The van der Waals surface area contributed by atoms with Gasteiger partial charge in [0.05, 0.1) is 23.3 Å². The van der Waals surface area contributed by atoms with E-state index < -0.39 is 0 Å². The van der Waals surface area contributed by atoms with Crippen LogP contribution in [-0.2, 0) is 19.3 Å². The molecule has 194 valence electrons. The third-order valence-electron chi connectivity index (χ3n) is 7.15. The molecule has 5 nitrogen and oxygen atoms in total. The Labute approximate surface area is 221 Å². The van der Waals surface area contributed by atoms with Gasteiger partial charge >= 0.3 is 0 Å². The second kappa shape index (κ2) is 13.4. The van der Waals surface area contributed by atoms with Crippen molar-refractivity contribution in [3.8, 4) is 11.4 Å². The smallest absolute Gasteiger partial charge is 0.169 e. The molecule has 0 atom stereocenters. The third kappa shape index (κ3) is 6.98. The molecule has 1 fully saturated rings. The van der Waals surface area contributed by atoms with Gasteiger partial charge in [-0.15, -0.1) is 0 Å². The highest BCUT2D eigenvalue weighted by Gasteiger charge is 2.21. The topological polar surface area (TPSA) is 67.8 Å². The van der Waals surface area contributed by atoms with E-state index in [1.807, 2.05) is 38.3 Å². The minimum atomic E-state index is 0.140. The summed E-state index contributed by atoms with van der Waals surface area (Å²) in [7, 11) is 0. The highest BCUT2D eigenvalue weighted by Crippen LogP contribution is 2.28. The predicted octanol–water partition coefficient (Wildman–Crippen LogP) is 6.64. The van der Waals surface area contributed by atoms with E-state index in [0.29, 0.717) is 12.8 Å². The normalized spacial score (nSPS) is 15.2. The van der Waals surface area contributed by atoms with Gasteiger partial charge in [0.1, 0.15) is 5.69 Å². The molecule has 2 aliphatic rings.